The van der Waals surface area contributed by atoms with Crippen LogP contribution >= 0.6 is 0 Å². The Kier molecular flexibility index (Phi) is 4.86. The summed E-state index contributed by atoms with van der Waals surface area (Å²) in [6.07, 6.45) is 3.43. The molecule has 104 valence electrons. The number of nitrogens with two attached hydrogens (primary N) is 1. The smallest absolute Gasteiger partial charge is 0.157 e. The molecule has 0 bridgehead atoms. The summed E-state index contributed by atoms with van der Waals surface area (Å²) in [5.74, 6) is 0.0796. The lowest BCUT2D eigenvalue weighted by molar-refractivity contribution is 0.545. The highest BCUT2D eigenvalue weighted by molar-refractivity contribution is 7.92. The molecular formula is C11H22N4O2S. The molecule has 0 saturated carbocycles. The van der Waals surface area contributed by atoms with Crippen LogP contribution in [0, 0.1) is 0 Å². The van der Waals surface area contributed by atoms with Crippen molar-refractivity contribution in [1.29, 1.82) is 0 Å². The van der Waals surface area contributed by atoms with E-state index in [-0.39, 0.29) is 5.75 Å². The second kappa shape index (κ2) is 5.79. The largest absolute Gasteiger partial charge is 0.330 e. The molecule has 1 rings (SSSR count). The Bertz CT molecular complexity index is 473. The third-order valence-electron chi connectivity index (χ3n) is 2.75. The number of hydrogen-bond donors (Lipinski definition) is 1. The molecule has 0 aliphatic carbocycles. The highest BCUT2D eigenvalue weighted by Gasteiger charge is 2.28. The summed E-state index contributed by atoms with van der Waals surface area (Å²) in [5.41, 5.74) is 6.27. The number of rotatable bonds is 6. The Morgan fingerprint density at radius 3 is 2.61 bits per heavy atom. The van der Waals surface area contributed by atoms with Crippen molar-refractivity contribution < 1.29 is 8.42 Å². The zero-order valence-corrected chi connectivity index (χ0v) is 12.1. The Balaban J connectivity index is 2.57. The Hall–Kier alpha value is -0.950. The molecule has 0 radical (unpaired) electrons. The van der Waals surface area contributed by atoms with Gasteiger partial charge in [0.1, 0.15) is 0 Å². The van der Waals surface area contributed by atoms with Crippen molar-refractivity contribution in [1.82, 2.24) is 15.0 Å². The molecule has 0 unspecified atom stereocenters. The molecule has 18 heavy (non-hydrogen) atoms. The van der Waals surface area contributed by atoms with E-state index in [1.165, 1.54) is 0 Å². The van der Waals surface area contributed by atoms with Gasteiger partial charge < -0.3 is 5.73 Å². The van der Waals surface area contributed by atoms with Crippen molar-refractivity contribution in [2.45, 2.75) is 44.9 Å². The van der Waals surface area contributed by atoms with E-state index in [0.717, 1.165) is 18.5 Å². The normalized spacial score (nSPS) is 12.9. The SMILES string of the molecule is CC(C)(C)S(=O)(=O)CCn1cc(CCCN)nn1. The lowest BCUT2D eigenvalue weighted by Gasteiger charge is -2.18. The molecule has 1 aromatic heterocycles. The lowest BCUT2D eigenvalue weighted by Crippen LogP contribution is -2.32. The van der Waals surface area contributed by atoms with Gasteiger partial charge in [-0.15, -0.1) is 5.10 Å². The fraction of sp³-hybridized carbons (Fsp3) is 0.818. The van der Waals surface area contributed by atoms with Crippen molar-refractivity contribution in [3.05, 3.63) is 11.9 Å². The van der Waals surface area contributed by atoms with E-state index in [4.69, 9.17) is 5.73 Å². The maximum absolute atomic E-state index is 11.9. The monoisotopic (exact) mass is 274 g/mol. The van der Waals surface area contributed by atoms with Gasteiger partial charge in [-0.2, -0.15) is 0 Å². The van der Waals surface area contributed by atoms with Crippen LogP contribution in [0.15, 0.2) is 6.20 Å². The fourth-order valence-electron chi connectivity index (χ4n) is 1.37. The highest BCUT2D eigenvalue weighted by Crippen LogP contribution is 2.16. The molecule has 7 heteroatoms. The van der Waals surface area contributed by atoms with Gasteiger partial charge in [-0.05, 0) is 40.2 Å². The minimum atomic E-state index is -3.11. The zero-order valence-electron chi connectivity index (χ0n) is 11.3. The minimum absolute atomic E-state index is 0.0796. The van der Waals surface area contributed by atoms with Gasteiger partial charge in [-0.1, -0.05) is 5.21 Å². The highest BCUT2D eigenvalue weighted by atomic mass is 32.2. The van der Waals surface area contributed by atoms with E-state index in [2.05, 4.69) is 10.3 Å². The lowest BCUT2D eigenvalue weighted by atomic mass is 10.2. The average molecular weight is 274 g/mol. The minimum Gasteiger partial charge on any atom is -0.330 e. The molecule has 0 aliphatic rings. The van der Waals surface area contributed by atoms with E-state index in [1.54, 1.807) is 31.6 Å². The Labute approximate surface area is 108 Å². The number of hydrogen-bond acceptors (Lipinski definition) is 5. The van der Waals surface area contributed by atoms with Gasteiger partial charge in [0.2, 0.25) is 0 Å². The number of sulfone groups is 1. The first-order valence-electron chi connectivity index (χ1n) is 6.07. The molecule has 0 fully saturated rings. The quantitative estimate of drug-likeness (QED) is 0.810. The van der Waals surface area contributed by atoms with Crippen LogP contribution in [0.2, 0.25) is 0 Å². The molecule has 0 amide bonds. The van der Waals surface area contributed by atoms with Crippen LogP contribution in [0.25, 0.3) is 0 Å². The summed E-state index contributed by atoms with van der Waals surface area (Å²) in [6, 6.07) is 0. The van der Waals surface area contributed by atoms with Gasteiger partial charge in [0.15, 0.2) is 9.84 Å². The number of aryl methyl sites for hydroxylation is 2. The number of aromatic nitrogens is 3. The molecule has 1 aromatic rings. The van der Waals surface area contributed by atoms with Crippen molar-refractivity contribution in [3.8, 4) is 0 Å². The molecular weight excluding hydrogens is 252 g/mol. The molecule has 1 heterocycles. The first-order chi connectivity index (χ1) is 8.26. The van der Waals surface area contributed by atoms with Crippen LogP contribution in [-0.2, 0) is 22.8 Å². The van der Waals surface area contributed by atoms with Crippen LogP contribution in [0.5, 0.6) is 0 Å². The fourth-order valence-corrected chi connectivity index (χ4v) is 2.41. The average Bonchev–Trinajstić information content (AvgIpc) is 2.70. The maximum Gasteiger partial charge on any atom is 0.157 e. The van der Waals surface area contributed by atoms with Crippen molar-refractivity contribution in [3.63, 3.8) is 0 Å². The second-order valence-electron chi connectivity index (χ2n) is 5.30. The first kappa shape index (κ1) is 15.1. The van der Waals surface area contributed by atoms with Crippen molar-refractivity contribution in [2.24, 2.45) is 5.73 Å². The van der Waals surface area contributed by atoms with E-state index < -0.39 is 14.6 Å². The zero-order chi connectivity index (χ0) is 13.8. The number of nitrogens with zero attached hydrogens (tertiary/aromatic N) is 3. The van der Waals surface area contributed by atoms with Crippen LogP contribution < -0.4 is 5.73 Å². The molecule has 0 atom stereocenters. The van der Waals surface area contributed by atoms with E-state index >= 15 is 0 Å². The summed E-state index contributed by atoms with van der Waals surface area (Å²) < 4.78 is 24.7. The summed E-state index contributed by atoms with van der Waals surface area (Å²) in [5, 5.41) is 7.89. The molecule has 0 aliphatic heterocycles. The maximum atomic E-state index is 11.9. The topological polar surface area (TPSA) is 90.9 Å². The molecule has 0 aromatic carbocycles. The van der Waals surface area contributed by atoms with Crippen LogP contribution in [-0.4, -0.2) is 40.5 Å². The Morgan fingerprint density at radius 2 is 2.06 bits per heavy atom. The summed E-state index contributed by atoms with van der Waals surface area (Å²) >= 11 is 0. The predicted octanol–water partition coefficient (Wildman–Crippen LogP) is 0.383. The predicted molar refractivity (Wildman–Crippen MR) is 70.9 cm³/mol. The molecule has 6 nitrogen and oxygen atoms in total. The van der Waals surface area contributed by atoms with Gasteiger partial charge in [0, 0.05) is 6.20 Å². The van der Waals surface area contributed by atoms with Crippen molar-refractivity contribution in [2.75, 3.05) is 12.3 Å². The van der Waals surface area contributed by atoms with Crippen molar-refractivity contribution >= 4 is 9.84 Å². The van der Waals surface area contributed by atoms with Gasteiger partial charge >= 0.3 is 0 Å². The van der Waals surface area contributed by atoms with E-state index in [1.807, 2.05) is 0 Å². The third kappa shape index (κ3) is 4.06. The van der Waals surface area contributed by atoms with Crippen LogP contribution in [0.1, 0.15) is 32.9 Å². The first-order valence-corrected chi connectivity index (χ1v) is 7.73. The third-order valence-corrected chi connectivity index (χ3v) is 5.33. The molecule has 2 N–H and O–H groups in total. The molecule has 0 saturated heterocycles. The standard InChI is InChI=1S/C11H22N4O2S/c1-11(2,3)18(16,17)8-7-15-9-10(13-14-15)5-4-6-12/h9H,4-8,12H2,1-3H3. The summed E-state index contributed by atoms with van der Waals surface area (Å²) in [6.45, 7) is 6.07. The van der Waals surface area contributed by atoms with E-state index in [9.17, 15) is 8.42 Å². The molecule has 0 spiro atoms. The van der Waals surface area contributed by atoms with Crippen LogP contribution in [0.4, 0.5) is 0 Å². The van der Waals surface area contributed by atoms with Crippen LogP contribution in [0.3, 0.4) is 0 Å². The summed E-state index contributed by atoms with van der Waals surface area (Å²) in [4.78, 5) is 0. The second-order valence-corrected chi connectivity index (χ2v) is 8.16. The van der Waals surface area contributed by atoms with Gasteiger partial charge in [-0.25, -0.2) is 8.42 Å². The van der Waals surface area contributed by atoms with Gasteiger partial charge in [-0.3, -0.25) is 4.68 Å². The van der Waals surface area contributed by atoms with E-state index in [0.29, 0.717) is 13.1 Å². The summed E-state index contributed by atoms with van der Waals surface area (Å²) in [7, 11) is -3.11. The van der Waals surface area contributed by atoms with Gasteiger partial charge in [0.25, 0.3) is 0 Å². The van der Waals surface area contributed by atoms with Gasteiger partial charge in [0.05, 0.1) is 22.7 Å². The Morgan fingerprint density at radius 1 is 1.39 bits per heavy atom.